The van der Waals surface area contributed by atoms with E-state index in [0.29, 0.717) is 23.4 Å². The van der Waals surface area contributed by atoms with E-state index >= 15 is 0 Å². The van der Waals surface area contributed by atoms with E-state index in [2.05, 4.69) is 0 Å². The van der Waals surface area contributed by atoms with E-state index in [1.54, 1.807) is 18.7 Å². The molecule has 1 unspecified atom stereocenters. The number of ketones is 1. The van der Waals surface area contributed by atoms with Crippen LogP contribution in [0.4, 0.5) is 0 Å². The number of amides is 1. The number of Topliss-reactive ketones (excluding diaryl/α,β-unsaturated/α-hetero) is 1. The van der Waals surface area contributed by atoms with Gasteiger partial charge in [0.2, 0.25) is 5.91 Å². The fourth-order valence-electron chi connectivity index (χ4n) is 4.11. The van der Waals surface area contributed by atoms with Gasteiger partial charge >= 0.3 is 5.97 Å². The fourth-order valence-corrected chi connectivity index (χ4v) is 4.11. The van der Waals surface area contributed by atoms with Crippen LogP contribution in [0, 0.1) is 19.8 Å². The van der Waals surface area contributed by atoms with Crippen molar-refractivity contribution in [3.8, 4) is 0 Å². The van der Waals surface area contributed by atoms with Gasteiger partial charge in [0, 0.05) is 29.8 Å². The van der Waals surface area contributed by atoms with Crippen molar-refractivity contribution in [2.45, 2.75) is 79.4 Å². The van der Waals surface area contributed by atoms with Gasteiger partial charge in [-0.3, -0.25) is 9.59 Å². The molecule has 1 fully saturated rings. The smallest absolute Gasteiger partial charge is 0.354 e. The molecule has 150 valence electrons. The third-order valence-corrected chi connectivity index (χ3v) is 5.77. The van der Waals surface area contributed by atoms with Crippen molar-refractivity contribution in [2.75, 3.05) is 7.11 Å². The Balaban J connectivity index is 2.44. The summed E-state index contributed by atoms with van der Waals surface area (Å²) in [6, 6.07) is -0.639. The quantitative estimate of drug-likeness (QED) is 0.539. The van der Waals surface area contributed by atoms with Crippen LogP contribution in [0.2, 0.25) is 0 Å². The van der Waals surface area contributed by atoms with Crippen LogP contribution in [-0.2, 0) is 16.1 Å². The van der Waals surface area contributed by atoms with E-state index in [4.69, 9.17) is 4.74 Å². The molecule has 6 heteroatoms. The summed E-state index contributed by atoms with van der Waals surface area (Å²) in [4.78, 5) is 40.2. The molecule has 1 aromatic heterocycles. The second-order valence-electron chi connectivity index (χ2n) is 7.68. The van der Waals surface area contributed by atoms with Crippen LogP contribution in [-0.4, -0.2) is 46.3 Å². The zero-order valence-electron chi connectivity index (χ0n) is 17.6. The summed E-state index contributed by atoms with van der Waals surface area (Å²) in [6.45, 7) is 11.8. The number of carbonyl (C=O) groups excluding carboxylic acids is 3. The van der Waals surface area contributed by atoms with E-state index < -0.39 is 12.0 Å². The van der Waals surface area contributed by atoms with Gasteiger partial charge in [0.05, 0.1) is 13.2 Å². The van der Waals surface area contributed by atoms with Crippen molar-refractivity contribution in [3.63, 3.8) is 0 Å². The number of rotatable bonds is 7. The molecule has 0 radical (unpaired) electrons. The molecular weight excluding hydrogens is 344 g/mol. The molecule has 0 saturated heterocycles. The Hall–Kier alpha value is -2.11. The van der Waals surface area contributed by atoms with Gasteiger partial charge in [0.15, 0.2) is 5.78 Å². The Kier molecular flexibility index (Phi) is 6.50. The van der Waals surface area contributed by atoms with Crippen molar-refractivity contribution >= 4 is 17.7 Å². The number of ether oxygens (including phenoxy) is 1. The molecule has 6 nitrogen and oxygen atoms in total. The minimum Gasteiger partial charge on any atom is -0.464 e. The van der Waals surface area contributed by atoms with Gasteiger partial charge in [0.1, 0.15) is 5.69 Å². The van der Waals surface area contributed by atoms with E-state index in [1.165, 1.54) is 7.11 Å². The van der Waals surface area contributed by atoms with Crippen LogP contribution in [0.3, 0.4) is 0 Å². The first-order valence-corrected chi connectivity index (χ1v) is 9.81. The summed E-state index contributed by atoms with van der Waals surface area (Å²) in [7, 11) is 1.34. The first-order valence-electron chi connectivity index (χ1n) is 9.81. The molecule has 0 N–H and O–H groups in total. The summed E-state index contributed by atoms with van der Waals surface area (Å²) in [5.74, 6) is -0.467. The average molecular weight is 376 g/mol. The lowest BCUT2D eigenvalue weighted by Gasteiger charge is -2.37. The van der Waals surface area contributed by atoms with Gasteiger partial charge in [-0.05, 0) is 59.9 Å². The SMILES string of the molecule is CCn1c(C)c(C(=O)C(C)N(C(=O)C2CCC2)C(C)C)c(C)c1C(=O)OC. The molecule has 1 atom stereocenters. The number of carbonyl (C=O) groups is 3. The van der Waals surface area contributed by atoms with E-state index in [0.717, 1.165) is 25.0 Å². The van der Waals surface area contributed by atoms with Gasteiger partial charge in [-0.25, -0.2) is 4.79 Å². The molecule has 1 amide bonds. The minimum atomic E-state index is -0.575. The van der Waals surface area contributed by atoms with Gasteiger partial charge in [-0.1, -0.05) is 6.42 Å². The molecule has 0 spiro atoms. The molecule has 0 aromatic carbocycles. The van der Waals surface area contributed by atoms with Crippen LogP contribution in [0.1, 0.15) is 79.1 Å². The largest absolute Gasteiger partial charge is 0.464 e. The molecule has 2 rings (SSSR count). The van der Waals surface area contributed by atoms with E-state index in [1.807, 2.05) is 32.3 Å². The molecular formula is C21H32N2O4. The van der Waals surface area contributed by atoms with Crippen molar-refractivity contribution in [1.82, 2.24) is 9.47 Å². The molecule has 1 aliphatic rings. The monoisotopic (exact) mass is 376 g/mol. The third-order valence-electron chi connectivity index (χ3n) is 5.77. The highest BCUT2D eigenvalue weighted by molar-refractivity contribution is 6.06. The predicted octanol–water partition coefficient (Wildman–Crippen LogP) is 3.52. The summed E-state index contributed by atoms with van der Waals surface area (Å²) < 4.78 is 6.72. The van der Waals surface area contributed by atoms with Gasteiger partial charge in [0.25, 0.3) is 0 Å². The zero-order chi connectivity index (χ0) is 20.5. The lowest BCUT2D eigenvalue weighted by Crippen LogP contribution is -2.50. The number of methoxy groups -OCH3 is 1. The molecule has 1 heterocycles. The van der Waals surface area contributed by atoms with Crippen molar-refractivity contribution in [3.05, 3.63) is 22.5 Å². The van der Waals surface area contributed by atoms with Gasteiger partial charge < -0.3 is 14.2 Å². The molecule has 1 aliphatic carbocycles. The Labute approximate surface area is 161 Å². The molecule has 0 bridgehead atoms. The van der Waals surface area contributed by atoms with Crippen molar-refractivity contribution < 1.29 is 19.1 Å². The summed E-state index contributed by atoms with van der Waals surface area (Å²) in [6.07, 6.45) is 2.88. The number of esters is 1. The second-order valence-corrected chi connectivity index (χ2v) is 7.68. The summed E-state index contributed by atoms with van der Waals surface area (Å²) in [5, 5.41) is 0. The lowest BCUT2D eigenvalue weighted by atomic mass is 9.83. The molecule has 0 aliphatic heterocycles. The van der Waals surface area contributed by atoms with Crippen LogP contribution in [0.5, 0.6) is 0 Å². The summed E-state index contributed by atoms with van der Waals surface area (Å²) >= 11 is 0. The van der Waals surface area contributed by atoms with Gasteiger partial charge in [-0.15, -0.1) is 0 Å². The fraction of sp³-hybridized carbons (Fsp3) is 0.667. The van der Waals surface area contributed by atoms with Crippen LogP contribution in [0.25, 0.3) is 0 Å². The maximum Gasteiger partial charge on any atom is 0.354 e. The maximum absolute atomic E-state index is 13.4. The maximum atomic E-state index is 13.4. The van der Waals surface area contributed by atoms with Crippen LogP contribution in [0.15, 0.2) is 0 Å². The molecule has 1 saturated carbocycles. The summed E-state index contributed by atoms with van der Waals surface area (Å²) in [5.41, 5.74) is 2.30. The first-order chi connectivity index (χ1) is 12.7. The Bertz CT molecular complexity index is 744. The topological polar surface area (TPSA) is 68.6 Å². The lowest BCUT2D eigenvalue weighted by molar-refractivity contribution is -0.141. The third kappa shape index (κ3) is 3.66. The van der Waals surface area contributed by atoms with E-state index in [-0.39, 0.29) is 23.7 Å². The standard InChI is InChI=1S/C21H32N2O4/c1-8-22-14(5)17(13(4)18(22)21(26)27-7)19(24)15(6)23(12(2)3)20(25)16-10-9-11-16/h12,15-16H,8-11H2,1-7H3. The van der Waals surface area contributed by atoms with E-state index in [9.17, 15) is 14.4 Å². The average Bonchev–Trinajstić information content (AvgIpc) is 2.81. The highest BCUT2D eigenvalue weighted by atomic mass is 16.5. The molecule has 27 heavy (non-hydrogen) atoms. The number of aromatic nitrogens is 1. The number of nitrogens with zero attached hydrogens (tertiary/aromatic N) is 2. The minimum absolute atomic E-state index is 0.0377. The molecule has 1 aromatic rings. The highest BCUT2D eigenvalue weighted by Crippen LogP contribution is 2.31. The Morgan fingerprint density at radius 2 is 1.78 bits per heavy atom. The van der Waals surface area contributed by atoms with Gasteiger partial charge in [-0.2, -0.15) is 0 Å². The van der Waals surface area contributed by atoms with Crippen LogP contribution >= 0.6 is 0 Å². The van der Waals surface area contributed by atoms with Crippen molar-refractivity contribution in [1.29, 1.82) is 0 Å². The second kappa shape index (κ2) is 8.28. The predicted molar refractivity (Wildman–Crippen MR) is 104 cm³/mol. The zero-order valence-corrected chi connectivity index (χ0v) is 17.6. The highest BCUT2D eigenvalue weighted by Gasteiger charge is 2.37. The number of hydrogen-bond acceptors (Lipinski definition) is 4. The van der Waals surface area contributed by atoms with Crippen LogP contribution < -0.4 is 0 Å². The number of hydrogen-bond donors (Lipinski definition) is 0. The Morgan fingerprint density at radius 1 is 1.19 bits per heavy atom. The normalized spacial score (nSPS) is 15.4. The first kappa shape index (κ1) is 21.2. The Morgan fingerprint density at radius 3 is 2.19 bits per heavy atom. The van der Waals surface area contributed by atoms with Crippen molar-refractivity contribution in [2.24, 2.45) is 5.92 Å².